The zero-order valence-electron chi connectivity index (χ0n) is 8.43. The van der Waals surface area contributed by atoms with Crippen molar-refractivity contribution in [1.82, 2.24) is 0 Å². The Kier molecular flexibility index (Phi) is 3.76. The van der Waals surface area contributed by atoms with E-state index in [9.17, 15) is 18.0 Å². The van der Waals surface area contributed by atoms with Crippen molar-refractivity contribution < 1.29 is 23.1 Å². The van der Waals surface area contributed by atoms with Crippen molar-refractivity contribution in [3.8, 4) is 0 Å². The Morgan fingerprint density at radius 2 is 2.00 bits per heavy atom. The Morgan fingerprint density at radius 1 is 1.38 bits per heavy atom. The van der Waals surface area contributed by atoms with Crippen LogP contribution in [0.4, 0.5) is 18.9 Å². The highest BCUT2D eigenvalue weighted by Crippen LogP contribution is 2.20. The van der Waals surface area contributed by atoms with Crippen molar-refractivity contribution in [2.75, 3.05) is 5.32 Å². The highest BCUT2D eigenvalue weighted by Gasteiger charge is 2.19. The molecule has 0 radical (unpaired) electrons. The topological polar surface area (TPSA) is 49.3 Å². The predicted molar refractivity (Wildman–Crippen MR) is 51.7 cm³/mol. The molecule has 16 heavy (non-hydrogen) atoms. The number of carboxylic acids is 1. The molecule has 0 aliphatic carbocycles. The van der Waals surface area contributed by atoms with Gasteiger partial charge in [0.05, 0.1) is 5.69 Å². The molecule has 2 N–H and O–H groups in total. The van der Waals surface area contributed by atoms with Crippen LogP contribution in [0.15, 0.2) is 12.1 Å². The fraction of sp³-hybridized carbons (Fsp3) is 0.300. The first kappa shape index (κ1) is 12.4. The van der Waals surface area contributed by atoms with Crippen LogP contribution in [-0.2, 0) is 4.79 Å². The second kappa shape index (κ2) is 4.87. The van der Waals surface area contributed by atoms with E-state index in [1.807, 2.05) is 0 Å². The van der Waals surface area contributed by atoms with Gasteiger partial charge in [0.2, 0.25) is 0 Å². The van der Waals surface area contributed by atoms with Crippen LogP contribution in [0.25, 0.3) is 0 Å². The van der Waals surface area contributed by atoms with E-state index in [1.165, 1.54) is 0 Å². The smallest absolute Gasteiger partial charge is 0.326 e. The number of aliphatic carboxylic acids is 1. The lowest BCUT2D eigenvalue weighted by Gasteiger charge is -2.14. The van der Waals surface area contributed by atoms with Gasteiger partial charge in [-0.3, -0.25) is 0 Å². The number of benzene rings is 1. The maximum Gasteiger partial charge on any atom is 0.326 e. The normalized spacial score (nSPS) is 12.2. The molecule has 1 atom stereocenters. The predicted octanol–water partition coefficient (Wildman–Crippen LogP) is 2.38. The molecule has 1 aromatic carbocycles. The van der Waals surface area contributed by atoms with Gasteiger partial charge in [-0.2, -0.15) is 0 Å². The summed E-state index contributed by atoms with van der Waals surface area (Å²) in [7, 11) is 0. The first-order valence-electron chi connectivity index (χ1n) is 4.60. The number of anilines is 1. The molecule has 88 valence electrons. The van der Waals surface area contributed by atoms with Crippen LogP contribution in [0.3, 0.4) is 0 Å². The molecular weight excluding hydrogens is 223 g/mol. The average molecular weight is 233 g/mol. The number of hydrogen-bond acceptors (Lipinski definition) is 2. The number of hydrogen-bond donors (Lipinski definition) is 2. The second-order valence-electron chi connectivity index (χ2n) is 3.17. The minimum atomic E-state index is -1.62. The van der Waals surface area contributed by atoms with Crippen molar-refractivity contribution in [1.29, 1.82) is 0 Å². The minimum absolute atomic E-state index is 0.188. The van der Waals surface area contributed by atoms with Gasteiger partial charge in [0.1, 0.15) is 6.04 Å². The van der Waals surface area contributed by atoms with Gasteiger partial charge in [0.25, 0.3) is 0 Å². The third-order valence-corrected chi connectivity index (χ3v) is 2.07. The lowest BCUT2D eigenvalue weighted by atomic mass is 10.2. The summed E-state index contributed by atoms with van der Waals surface area (Å²) in [5.74, 6) is -5.54. The van der Waals surface area contributed by atoms with E-state index in [0.29, 0.717) is 0 Å². The molecule has 3 nitrogen and oxygen atoms in total. The molecule has 0 aromatic heterocycles. The highest BCUT2D eigenvalue weighted by molar-refractivity contribution is 5.77. The van der Waals surface area contributed by atoms with Gasteiger partial charge in [-0.25, -0.2) is 18.0 Å². The third kappa shape index (κ3) is 2.44. The van der Waals surface area contributed by atoms with Crippen LogP contribution < -0.4 is 5.32 Å². The van der Waals surface area contributed by atoms with Crippen molar-refractivity contribution in [2.45, 2.75) is 19.4 Å². The quantitative estimate of drug-likeness (QED) is 0.785. The molecule has 0 spiro atoms. The maximum absolute atomic E-state index is 13.2. The van der Waals surface area contributed by atoms with E-state index in [4.69, 9.17) is 5.11 Å². The molecule has 1 aromatic rings. The molecule has 0 fully saturated rings. The summed E-state index contributed by atoms with van der Waals surface area (Å²) in [5, 5.41) is 11.0. The number of halogens is 3. The summed E-state index contributed by atoms with van der Waals surface area (Å²) < 4.78 is 38.5. The number of rotatable bonds is 4. The van der Waals surface area contributed by atoms with Gasteiger partial charge in [0, 0.05) is 0 Å². The first-order valence-corrected chi connectivity index (χ1v) is 4.60. The largest absolute Gasteiger partial charge is 0.480 e. The van der Waals surface area contributed by atoms with Crippen molar-refractivity contribution in [2.24, 2.45) is 0 Å². The fourth-order valence-corrected chi connectivity index (χ4v) is 1.16. The molecule has 6 heteroatoms. The van der Waals surface area contributed by atoms with Crippen LogP contribution in [0.1, 0.15) is 13.3 Å². The second-order valence-corrected chi connectivity index (χ2v) is 3.17. The van der Waals surface area contributed by atoms with E-state index >= 15 is 0 Å². The number of carbonyl (C=O) groups is 1. The van der Waals surface area contributed by atoms with Crippen molar-refractivity contribution >= 4 is 11.7 Å². The Bertz CT molecular complexity index is 409. The van der Waals surface area contributed by atoms with E-state index in [2.05, 4.69) is 5.32 Å². The standard InChI is InChI=1S/C10H10F3NO2/c1-2-6(10(15)16)14-7-4-3-5(11)8(12)9(7)13/h3-4,6,14H,2H2,1H3,(H,15,16)/t6-/m0/s1. The SMILES string of the molecule is CC[C@H](Nc1ccc(F)c(F)c1F)C(=O)O. The van der Waals surface area contributed by atoms with Crippen LogP contribution in [0, 0.1) is 17.5 Å². The molecule has 1 rings (SSSR count). The summed E-state index contributed by atoms with van der Waals surface area (Å²) in [6.45, 7) is 1.57. The molecule has 0 saturated heterocycles. The fourth-order valence-electron chi connectivity index (χ4n) is 1.16. The summed E-state index contributed by atoms with van der Waals surface area (Å²) in [4.78, 5) is 10.6. The lowest BCUT2D eigenvalue weighted by molar-refractivity contribution is -0.137. The first-order chi connectivity index (χ1) is 7.47. The van der Waals surface area contributed by atoms with Crippen LogP contribution in [0.2, 0.25) is 0 Å². The Morgan fingerprint density at radius 3 is 2.50 bits per heavy atom. The van der Waals surface area contributed by atoms with E-state index < -0.39 is 29.5 Å². The maximum atomic E-state index is 13.2. The molecule has 0 bridgehead atoms. The molecule has 0 aliphatic heterocycles. The minimum Gasteiger partial charge on any atom is -0.480 e. The van der Waals surface area contributed by atoms with E-state index in [-0.39, 0.29) is 12.1 Å². The van der Waals surface area contributed by atoms with Crippen molar-refractivity contribution in [3.63, 3.8) is 0 Å². The molecule has 0 amide bonds. The summed E-state index contributed by atoms with van der Waals surface area (Å²) >= 11 is 0. The Balaban J connectivity index is 2.97. The monoisotopic (exact) mass is 233 g/mol. The molecule has 0 heterocycles. The summed E-state index contributed by atoms with van der Waals surface area (Å²) in [5.41, 5.74) is -0.367. The highest BCUT2D eigenvalue weighted by atomic mass is 19.2. The molecule has 0 saturated carbocycles. The van der Waals surface area contributed by atoms with Gasteiger partial charge in [-0.05, 0) is 18.6 Å². The summed E-state index contributed by atoms with van der Waals surface area (Å²) in [6.07, 6.45) is 0.188. The zero-order valence-corrected chi connectivity index (χ0v) is 8.43. The van der Waals surface area contributed by atoms with Crippen LogP contribution in [0.5, 0.6) is 0 Å². The Hall–Kier alpha value is -1.72. The average Bonchev–Trinajstić information content (AvgIpc) is 2.25. The number of nitrogens with one attached hydrogen (secondary N) is 1. The van der Waals surface area contributed by atoms with E-state index in [1.54, 1.807) is 6.92 Å². The van der Waals surface area contributed by atoms with Crippen LogP contribution >= 0.6 is 0 Å². The Labute approximate surface area is 89.9 Å². The molecule has 0 unspecified atom stereocenters. The number of carboxylic acid groups (broad SMARTS) is 1. The molecular formula is C10H10F3NO2. The molecule has 0 aliphatic rings. The zero-order chi connectivity index (χ0) is 12.3. The van der Waals surface area contributed by atoms with Gasteiger partial charge < -0.3 is 10.4 Å². The van der Waals surface area contributed by atoms with E-state index in [0.717, 1.165) is 12.1 Å². The van der Waals surface area contributed by atoms with Gasteiger partial charge in [-0.1, -0.05) is 6.92 Å². The van der Waals surface area contributed by atoms with Gasteiger partial charge in [-0.15, -0.1) is 0 Å². The van der Waals surface area contributed by atoms with Gasteiger partial charge in [0.15, 0.2) is 17.5 Å². The van der Waals surface area contributed by atoms with Gasteiger partial charge >= 0.3 is 5.97 Å². The lowest BCUT2D eigenvalue weighted by Crippen LogP contribution is -2.28. The third-order valence-electron chi connectivity index (χ3n) is 2.07. The summed E-state index contributed by atoms with van der Waals surface area (Å²) in [6, 6.07) is 0.647. The van der Waals surface area contributed by atoms with Crippen LogP contribution in [-0.4, -0.2) is 17.1 Å². The van der Waals surface area contributed by atoms with Crippen molar-refractivity contribution in [3.05, 3.63) is 29.6 Å².